The van der Waals surface area contributed by atoms with Gasteiger partial charge in [0.25, 0.3) is 0 Å². The third-order valence-corrected chi connectivity index (χ3v) is 2.61. The van der Waals surface area contributed by atoms with Gasteiger partial charge in [-0.05, 0) is 25.3 Å². The molecule has 1 aromatic heterocycles. The molecule has 102 valence electrons. The lowest BCUT2D eigenvalue weighted by Crippen LogP contribution is -2.42. The second-order valence-corrected chi connectivity index (χ2v) is 4.60. The van der Waals surface area contributed by atoms with E-state index in [1.807, 2.05) is 23.9 Å². The summed E-state index contributed by atoms with van der Waals surface area (Å²) in [4.78, 5) is 11.5. The highest BCUT2D eigenvalue weighted by Gasteiger charge is 2.08. The summed E-state index contributed by atoms with van der Waals surface area (Å²) >= 11 is 0. The number of urea groups is 1. The number of rotatable bonds is 7. The maximum atomic E-state index is 11.5. The van der Waals surface area contributed by atoms with Crippen molar-refractivity contribution < 1.29 is 9.90 Å². The van der Waals surface area contributed by atoms with Gasteiger partial charge < -0.3 is 15.7 Å². The third kappa shape index (κ3) is 5.67. The Morgan fingerprint density at radius 2 is 2.28 bits per heavy atom. The van der Waals surface area contributed by atoms with Gasteiger partial charge in [0.2, 0.25) is 0 Å². The first kappa shape index (κ1) is 14.5. The molecular weight excluding hydrogens is 232 g/mol. The molecule has 0 saturated carbocycles. The summed E-state index contributed by atoms with van der Waals surface area (Å²) in [6.45, 7) is 5.37. The molecule has 0 spiro atoms. The van der Waals surface area contributed by atoms with Crippen LogP contribution in [-0.2, 0) is 6.54 Å². The zero-order valence-corrected chi connectivity index (χ0v) is 11.0. The number of aromatic nitrogens is 2. The number of amides is 2. The van der Waals surface area contributed by atoms with E-state index in [0.29, 0.717) is 18.9 Å². The minimum atomic E-state index is -0.191. The SMILES string of the molecule is CC(CNC(=O)N[C@H](C)CCO)Cn1cccn1. The lowest BCUT2D eigenvalue weighted by atomic mass is 10.2. The molecule has 0 aliphatic rings. The first-order valence-electron chi connectivity index (χ1n) is 6.24. The molecule has 0 fully saturated rings. The minimum absolute atomic E-state index is 0.0172. The highest BCUT2D eigenvalue weighted by Crippen LogP contribution is 1.97. The summed E-state index contributed by atoms with van der Waals surface area (Å²) in [5.41, 5.74) is 0. The summed E-state index contributed by atoms with van der Waals surface area (Å²) in [5, 5.41) is 18.4. The summed E-state index contributed by atoms with van der Waals surface area (Å²) in [6, 6.07) is 1.67. The smallest absolute Gasteiger partial charge is 0.315 e. The van der Waals surface area contributed by atoms with Crippen LogP contribution in [0, 0.1) is 5.92 Å². The fraction of sp³-hybridized carbons (Fsp3) is 0.667. The van der Waals surface area contributed by atoms with Crippen LogP contribution in [0.3, 0.4) is 0 Å². The molecular formula is C12H22N4O2. The van der Waals surface area contributed by atoms with Crippen molar-refractivity contribution in [2.75, 3.05) is 13.2 Å². The van der Waals surface area contributed by atoms with Crippen molar-refractivity contribution in [1.29, 1.82) is 0 Å². The summed E-state index contributed by atoms with van der Waals surface area (Å²) < 4.78 is 1.85. The molecule has 1 heterocycles. The van der Waals surface area contributed by atoms with E-state index < -0.39 is 0 Å². The number of aliphatic hydroxyl groups is 1. The van der Waals surface area contributed by atoms with Crippen LogP contribution in [-0.4, -0.2) is 40.1 Å². The Labute approximate surface area is 107 Å². The largest absolute Gasteiger partial charge is 0.396 e. The maximum absolute atomic E-state index is 11.5. The fourth-order valence-corrected chi connectivity index (χ4v) is 1.60. The predicted octanol–water partition coefficient (Wildman–Crippen LogP) is 0.589. The zero-order chi connectivity index (χ0) is 13.4. The summed E-state index contributed by atoms with van der Waals surface area (Å²) in [7, 11) is 0. The predicted molar refractivity (Wildman–Crippen MR) is 69.1 cm³/mol. The number of nitrogens with zero attached hydrogens (tertiary/aromatic N) is 2. The van der Waals surface area contributed by atoms with E-state index in [9.17, 15) is 4.79 Å². The van der Waals surface area contributed by atoms with Crippen LogP contribution >= 0.6 is 0 Å². The molecule has 1 unspecified atom stereocenters. The van der Waals surface area contributed by atoms with Crippen LogP contribution in [0.4, 0.5) is 4.79 Å². The number of carbonyl (C=O) groups is 1. The lowest BCUT2D eigenvalue weighted by molar-refractivity contribution is 0.229. The van der Waals surface area contributed by atoms with Crippen molar-refractivity contribution in [1.82, 2.24) is 20.4 Å². The monoisotopic (exact) mass is 254 g/mol. The standard InChI is InChI=1S/C12H22N4O2/c1-10(9-16-6-3-5-14-16)8-13-12(18)15-11(2)4-7-17/h3,5-6,10-11,17H,4,7-9H2,1-2H3,(H2,13,15,18)/t10?,11-/m1/s1. The van der Waals surface area contributed by atoms with Crippen molar-refractivity contribution in [3.63, 3.8) is 0 Å². The molecule has 0 aromatic carbocycles. The first-order chi connectivity index (χ1) is 8.61. The summed E-state index contributed by atoms with van der Waals surface area (Å²) in [5.74, 6) is 0.309. The van der Waals surface area contributed by atoms with Crippen LogP contribution in [0.1, 0.15) is 20.3 Å². The van der Waals surface area contributed by atoms with E-state index in [1.165, 1.54) is 0 Å². The van der Waals surface area contributed by atoms with E-state index in [2.05, 4.69) is 22.7 Å². The van der Waals surface area contributed by atoms with Gasteiger partial charge in [-0.2, -0.15) is 5.10 Å². The minimum Gasteiger partial charge on any atom is -0.396 e. The fourth-order valence-electron chi connectivity index (χ4n) is 1.60. The van der Waals surface area contributed by atoms with Crippen LogP contribution in [0.25, 0.3) is 0 Å². The molecule has 0 bridgehead atoms. The van der Waals surface area contributed by atoms with Gasteiger partial charge in [-0.15, -0.1) is 0 Å². The summed E-state index contributed by atoms with van der Waals surface area (Å²) in [6.07, 6.45) is 4.21. The van der Waals surface area contributed by atoms with Gasteiger partial charge in [0, 0.05) is 38.1 Å². The normalized spacial score (nSPS) is 13.9. The van der Waals surface area contributed by atoms with Crippen molar-refractivity contribution in [3.05, 3.63) is 18.5 Å². The first-order valence-corrected chi connectivity index (χ1v) is 6.24. The van der Waals surface area contributed by atoms with Crippen molar-refractivity contribution in [2.45, 2.75) is 32.9 Å². The molecule has 1 aromatic rings. The maximum Gasteiger partial charge on any atom is 0.315 e. The van der Waals surface area contributed by atoms with E-state index in [0.717, 1.165) is 6.54 Å². The number of hydrogen-bond donors (Lipinski definition) is 3. The van der Waals surface area contributed by atoms with E-state index in [4.69, 9.17) is 5.11 Å². The van der Waals surface area contributed by atoms with E-state index in [-0.39, 0.29) is 18.7 Å². The van der Waals surface area contributed by atoms with Crippen LogP contribution < -0.4 is 10.6 Å². The Bertz CT molecular complexity index is 340. The van der Waals surface area contributed by atoms with Gasteiger partial charge >= 0.3 is 6.03 Å². The van der Waals surface area contributed by atoms with E-state index >= 15 is 0 Å². The van der Waals surface area contributed by atoms with Crippen LogP contribution in [0.2, 0.25) is 0 Å². The number of nitrogens with one attached hydrogen (secondary N) is 2. The molecule has 0 radical (unpaired) electrons. The van der Waals surface area contributed by atoms with Gasteiger partial charge in [0.05, 0.1) is 0 Å². The van der Waals surface area contributed by atoms with E-state index in [1.54, 1.807) is 6.20 Å². The molecule has 0 saturated heterocycles. The van der Waals surface area contributed by atoms with Crippen molar-refractivity contribution in [3.8, 4) is 0 Å². The highest BCUT2D eigenvalue weighted by molar-refractivity contribution is 5.74. The number of hydrogen-bond acceptors (Lipinski definition) is 3. The number of aliphatic hydroxyl groups excluding tert-OH is 1. The molecule has 0 aliphatic heterocycles. The van der Waals surface area contributed by atoms with Gasteiger partial charge in [0.1, 0.15) is 0 Å². The molecule has 2 amide bonds. The molecule has 6 nitrogen and oxygen atoms in total. The number of carbonyl (C=O) groups excluding carboxylic acids is 1. The van der Waals surface area contributed by atoms with Crippen molar-refractivity contribution in [2.24, 2.45) is 5.92 Å². The molecule has 2 atom stereocenters. The zero-order valence-electron chi connectivity index (χ0n) is 11.0. The second kappa shape index (κ2) is 7.71. The van der Waals surface area contributed by atoms with Gasteiger partial charge in [-0.25, -0.2) is 4.79 Å². The quantitative estimate of drug-likeness (QED) is 0.666. The molecule has 6 heteroatoms. The topological polar surface area (TPSA) is 79.2 Å². The van der Waals surface area contributed by atoms with Crippen LogP contribution in [0.15, 0.2) is 18.5 Å². The Morgan fingerprint density at radius 1 is 1.50 bits per heavy atom. The average Bonchev–Trinajstić information content (AvgIpc) is 2.79. The molecule has 18 heavy (non-hydrogen) atoms. The van der Waals surface area contributed by atoms with Gasteiger partial charge in [-0.3, -0.25) is 4.68 Å². The van der Waals surface area contributed by atoms with Gasteiger partial charge in [0.15, 0.2) is 0 Å². The average molecular weight is 254 g/mol. The Kier molecular flexibility index (Phi) is 6.21. The van der Waals surface area contributed by atoms with Crippen molar-refractivity contribution >= 4 is 6.03 Å². The Hall–Kier alpha value is -1.56. The van der Waals surface area contributed by atoms with Gasteiger partial charge in [-0.1, -0.05) is 6.92 Å². The second-order valence-electron chi connectivity index (χ2n) is 4.60. The molecule has 1 rings (SSSR count). The molecule has 3 N–H and O–H groups in total. The lowest BCUT2D eigenvalue weighted by Gasteiger charge is -2.16. The Balaban J connectivity index is 2.17. The highest BCUT2D eigenvalue weighted by atomic mass is 16.3. The third-order valence-electron chi connectivity index (χ3n) is 2.61. The van der Waals surface area contributed by atoms with Crippen LogP contribution in [0.5, 0.6) is 0 Å². The Morgan fingerprint density at radius 3 is 2.89 bits per heavy atom. The molecule has 0 aliphatic carbocycles.